The van der Waals surface area contributed by atoms with Crippen molar-refractivity contribution in [1.29, 1.82) is 0 Å². The Labute approximate surface area is 210 Å². The minimum absolute atomic E-state index is 0. The Hall–Kier alpha value is -2.34. The van der Waals surface area contributed by atoms with Gasteiger partial charge in [0.1, 0.15) is 5.82 Å². The van der Waals surface area contributed by atoms with Gasteiger partial charge in [0.2, 0.25) is 0 Å². The van der Waals surface area contributed by atoms with Crippen molar-refractivity contribution in [3.63, 3.8) is 0 Å². The van der Waals surface area contributed by atoms with Crippen LogP contribution in [0.25, 0.3) is 0 Å². The van der Waals surface area contributed by atoms with E-state index in [9.17, 15) is 14.3 Å². The van der Waals surface area contributed by atoms with E-state index in [1.165, 1.54) is 28.4 Å². The first-order chi connectivity index (χ1) is 15.1. The van der Waals surface area contributed by atoms with Crippen LogP contribution >= 0.6 is 0 Å². The molecule has 6 heteroatoms. The van der Waals surface area contributed by atoms with E-state index in [0.29, 0.717) is 17.8 Å². The van der Waals surface area contributed by atoms with E-state index in [1.54, 1.807) is 12.1 Å². The zero-order valence-corrected chi connectivity index (χ0v) is 20.4. The van der Waals surface area contributed by atoms with Gasteiger partial charge in [-0.2, -0.15) is 0 Å². The molecule has 160 valence electrons. The zero-order chi connectivity index (χ0) is 21.6. The summed E-state index contributed by atoms with van der Waals surface area (Å²) < 4.78 is 14.3. The number of aryl methyl sites for hydroxylation is 2. The molecule has 0 aromatic heterocycles. The Morgan fingerprint density at radius 1 is 1.03 bits per heavy atom. The Bertz CT molecular complexity index is 1060. The van der Waals surface area contributed by atoms with Crippen molar-refractivity contribution in [1.82, 2.24) is 0 Å². The molecule has 4 rings (SSSR count). The summed E-state index contributed by atoms with van der Waals surface area (Å²) in [6.45, 7) is 2.47. The second-order valence-electron chi connectivity index (χ2n) is 7.97. The molecule has 0 aliphatic carbocycles. The van der Waals surface area contributed by atoms with Gasteiger partial charge in [-0.25, -0.2) is 4.39 Å². The van der Waals surface area contributed by atoms with Crippen molar-refractivity contribution in [3.8, 4) is 0 Å². The molecule has 0 spiro atoms. The number of carboxylic acids is 1. The number of hydrogen-bond acceptors (Lipinski definition) is 4. The van der Waals surface area contributed by atoms with Crippen molar-refractivity contribution < 1.29 is 43.8 Å². The third-order valence-corrected chi connectivity index (χ3v) is 5.74. The third kappa shape index (κ3) is 6.12. The van der Waals surface area contributed by atoms with Gasteiger partial charge in [-0.3, -0.25) is 0 Å². The molecule has 0 amide bonds. The standard InChI is InChI=1S/C26H27FN2O2.Na/c27-24-16-23(13-11-20(24)12-14-25(30)31)28-17-22-9-4-8-21-10-5-15-29(26(21)22)18-19-6-2-1-3-7-19;/h1-4,6-9,11,13,16,28H,5,10,12,14-15,17-18H2,(H,30,31);/q;+1/p-1. The molecule has 3 aromatic rings. The Kier molecular flexibility index (Phi) is 8.74. The van der Waals surface area contributed by atoms with Crippen molar-refractivity contribution >= 4 is 17.3 Å². The number of benzene rings is 3. The van der Waals surface area contributed by atoms with Crippen molar-refractivity contribution in [3.05, 3.63) is 94.8 Å². The molecular formula is C26H26FN2NaO2. The van der Waals surface area contributed by atoms with Gasteiger partial charge in [0.15, 0.2) is 0 Å². The number of aliphatic carboxylic acids is 1. The fourth-order valence-electron chi connectivity index (χ4n) is 4.22. The number of halogens is 1. The van der Waals surface area contributed by atoms with Gasteiger partial charge in [0.25, 0.3) is 0 Å². The van der Waals surface area contributed by atoms with Crippen LogP contribution in [-0.4, -0.2) is 12.5 Å². The van der Waals surface area contributed by atoms with Gasteiger partial charge < -0.3 is 20.1 Å². The van der Waals surface area contributed by atoms with E-state index in [0.717, 1.165) is 25.9 Å². The summed E-state index contributed by atoms with van der Waals surface area (Å²) in [6.07, 6.45) is 2.15. The molecule has 0 fully saturated rings. The molecule has 0 bridgehead atoms. The van der Waals surface area contributed by atoms with Crippen LogP contribution in [-0.2, 0) is 30.7 Å². The largest absolute Gasteiger partial charge is 1.00 e. The number of nitrogens with one attached hydrogen (secondary N) is 1. The van der Waals surface area contributed by atoms with Crippen molar-refractivity contribution in [2.45, 2.75) is 38.8 Å². The maximum absolute atomic E-state index is 14.3. The number of anilines is 2. The SMILES string of the molecule is O=C([O-])CCc1ccc(NCc2cccc3c2N(Cc2ccccc2)CCC3)cc1F.[Na+]. The van der Waals surface area contributed by atoms with Crippen LogP contribution in [0, 0.1) is 5.82 Å². The summed E-state index contributed by atoms with van der Waals surface area (Å²) >= 11 is 0. The molecule has 4 nitrogen and oxygen atoms in total. The van der Waals surface area contributed by atoms with Crippen LogP contribution < -0.4 is 44.9 Å². The number of carbonyl (C=O) groups excluding carboxylic acids is 1. The average molecular weight is 440 g/mol. The third-order valence-electron chi connectivity index (χ3n) is 5.74. The minimum Gasteiger partial charge on any atom is -0.550 e. The molecule has 0 unspecified atom stereocenters. The number of hydrogen-bond donors (Lipinski definition) is 1. The first-order valence-corrected chi connectivity index (χ1v) is 10.7. The van der Waals surface area contributed by atoms with Gasteiger partial charge in [-0.1, -0.05) is 54.6 Å². The van der Waals surface area contributed by atoms with Crippen LogP contribution in [0.15, 0.2) is 66.7 Å². The molecular weight excluding hydrogens is 414 g/mol. The first kappa shape index (κ1) is 24.3. The average Bonchev–Trinajstić information content (AvgIpc) is 2.77. The Balaban J connectivity index is 0.00000289. The molecule has 0 radical (unpaired) electrons. The molecule has 32 heavy (non-hydrogen) atoms. The molecule has 1 aliphatic rings. The molecule has 1 heterocycles. The van der Waals surface area contributed by atoms with Crippen LogP contribution in [0.5, 0.6) is 0 Å². The van der Waals surface area contributed by atoms with Crippen LogP contribution in [0.2, 0.25) is 0 Å². The summed E-state index contributed by atoms with van der Waals surface area (Å²) in [5.41, 5.74) is 6.17. The zero-order valence-electron chi connectivity index (χ0n) is 18.4. The van der Waals surface area contributed by atoms with Crippen molar-refractivity contribution in [2.75, 3.05) is 16.8 Å². The van der Waals surface area contributed by atoms with Crippen LogP contribution in [0.1, 0.15) is 35.1 Å². The molecule has 1 aliphatic heterocycles. The van der Waals surface area contributed by atoms with Gasteiger partial charge in [0, 0.05) is 37.0 Å². The van der Waals surface area contributed by atoms with E-state index in [-0.39, 0.29) is 42.4 Å². The summed E-state index contributed by atoms with van der Waals surface area (Å²) in [5.74, 6) is -1.57. The second-order valence-corrected chi connectivity index (χ2v) is 7.97. The molecule has 1 N–H and O–H groups in total. The van der Waals surface area contributed by atoms with E-state index in [1.807, 2.05) is 6.07 Å². The molecule has 0 atom stereocenters. The minimum atomic E-state index is -1.17. The van der Waals surface area contributed by atoms with Gasteiger partial charge in [-0.05, 0) is 60.1 Å². The topological polar surface area (TPSA) is 55.4 Å². The number of carbonyl (C=O) groups is 1. The monoisotopic (exact) mass is 440 g/mol. The summed E-state index contributed by atoms with van der Waals surface area (Å²) in [5, 5.41) is 14.0. The predicted molar refractivity (Wildman–Crippen MR) is 119 cm³/mol. The number of carboxylic acid groups (broad SMARTS) is 1. The summed E-state index contributed by atoms with van der Waals surface area (Å²) in [7, 11) is 0. The Morgan fingerprint density at radius 3 is 2.59 bits per heavy atom. The fourth-order valence-corrected chi connectivity index (χ4v) is 4.22. The quantitative estimate of drug-likeness (QED) is 0.533. The molecule has 0 saturated heterocycles. The van der Waals surface area contributed by atoms with E-state index in [4.69, 9.17) is 0 Å². The maximum Gasteiger partial charge on any atom is 1.00 e. The fraction of sp³-hybridized carbons (Fsp3) is 0.269. The number of nitrogens with zero attached hydrogens (tertiary/aromatic N) is 1. The molecule has 0 saturated carbocycles. The van der Waals surface area contributed by atoms with E-state index in [2.05, 4.69) is 52.7 Å². The van der Waals surface area contributed by atoms with Crippen LogP contribution in [0.4, 0.5) is 15.8 Å². The number of para-hydroxylation sites is 1. The van der Waals surface area contributed by atoms with E-state index >= 15 is 0 Å². The molecule has 3 aromatic carbocycles. The Morgan fingerprint density at radius 2 is 1.84 bits per heavy atom. The smallest absolute Gasteiger partial charge is 0.550 e. The second kappa shape index (κ2) is 11.5. The normalized spacial score (nSPS) is 12.6. The van der Waals surface area contributed by atoms with Gasteiger partial charge in [-0.15, -0.1) is 0 Å². The number of rotatable bonds is 8. The van der Waals surface area contributed by atoms with Gasteiger partial charge in [0.05, 0.1) is 0 Å². The van der Waals surface area contributed by atoms with E-state index < -0.39 is 11.8 Å². The first-order valence-electron chi connectivity index (χ1n) is 10.7. The predicted octanol–water partition coefficient (Wildman–Crippen LogP) is 1.08. The van der Waals surface area contributed by atoms with Crippen molar-refractivity contribution in [2.24, 2.45) is 0 Å². The maximum atomic E-state index is 14.3. The van der Waals surface area contributed by atoms with Gasteiger partial charge >= 0.3 is 29.6 Å². The summed E-state index contributed by atoms with van der Waals surface area (Å²) in [4.78, 5) is 13.1. The summed E-state index contributed by atoms with van der Waals surface area (Å²) in [6, 6.07) is 21.8. The number of fused-ring (bicyclic) bond motifs is 1. The van der Waals surface area contributed by atoms with Crippen LogP contribution in [0.3, 0.4) is 0 Å².